The summed E-state index contributed by atoms with van der Waals surface area (Å²) in [5.41, 5.74) is 7.83. The first kappa shape index (κ1) is 20.2. The number of hydrogen-bond acceptors (Lipinski definition) is 5. The number of aromatic nitrogens is 3. The van der Waals surface area contributed by atoms with Crippen molar-refractivity contribution in [1.29, 1.82) is 0 Å². The zero-order chi connectivity index (χ0) is 22.9. The molecule has 3 heterocycles. The predicted molar refractivity (Wildman–Crippen MR) is 129 cm³/mol. The fourth-order valence-corrected chi connectivity index (χ4v) is 4.05. The minimum atomic E-state index is -0.388. The summed E-state index contributed by atoms with van der Waals surface area (Å²) in [4.78, 5) is 26.6. The molecule has 0 aliphatic carbocycles. The number of fused-ring (bicyclic) bond motifs is 2. The van der Waals surface area contributed by atoms with Crippen molar-refractivity contribution in [3.8, 4) is 18.0 Å². The number of benzene rings is 2. The van der Waals surface area contributed by atoms with E-state index in [9.17, 15) is 9.59 Å². The summed E-state index contributed by atoms with van der Waals surface area (Å²) in [6, 6.07) is 16.5. The first-order valence-corrected chi connectivity index (χ1v) is 10.3. The zero-order valence-electron chi connectivity index (χ0n) is 17.6. The molecule has 8 nitrogen and oxygen atoms in total. The molecule has 8 heteroatoms. The van der Waals surface area contributed by atoms with Crippen LogP contribution in [0.15, 0.2) is 65.5 Å². The maximum atomic E-state index is 13.6. The number of nitrogen functional groups attached to an aromatic ring is 1. The van der Waals surface area contributed by atoms with Crippen molar-refractivity contribution < 1.29 is 4.79 Å². The first-order chi connectivity index (χ1) is 16.1. The van der Waals surface area contributed by atoms with Gasteiger partial charge in [0, 0.05) is 29.7 Å². The van der Waals surface area contributed by atoms with Gasteiger partial charge in [0.1, 0.15) is 11.4 Å². The van der Waals surface area contributed by atoms with Crippen molar-refractivity contribution in [3.63, 3.8) is 0 Å². The van der Waals surface area contributed by atoms with Crippen LogP contribution in [-0.2, 0) is 6.54 Å². The minimum absolute atomic E-state index is 0.0963. The highest BCUT2D eigenvalue weighted by Crippen LogP contribution is 2.25. The number of anilines is 2. The van der Waals surface area contributed by atoms with Crippen molar-refractivity contribution in [2.75, 3.05) is 17.6 Å². The van der Waals surface area contributed by atoms with Crippen molar-refractivity contribution in [2.45, 2.75) is 6.54 Å². The molecule has 0 bridgehead atoms. The average Bonchev–Trinajstić information content (AvgIpc) is 3.18. The Balaban J connectivity index is 1.58. The van der Waals surface area contributed by atoms with Gasteiger partial charge in [-0.25, -0.2) is 4.68 Å². The largest absolute Gasteiger partial charge is 0.381 e. The summed E-state index contributed by atoms with van der Waals surface area (Å²) >= 11 is 0. The molecule has 1 aliphatic heterocycles. The Morgan fingerprint density at radius 2 is 2.03 bits per heavy atom. The van der Waals surface area contributed by atoms with Gasteiger partial charge < -0.3 is 16.4 Å². The standard InChI is InChI=1S/C25H20N6O2/c1-2-16-8-6-9-17-14-19(31(25(33)20(16)17)18-10-4-3-5-11-18)15-28-24(32)21-22(26)29-30-13-7-12-27-23(21)30/h1,3-11,13-14,27H,12,15H2,(H2,26,29)(H,28,32). The van der Waals surface area contributed by atoms with Crippen LogP contribution in [0.3, 0.4) is 0 Å². The Hall–Kier alpha value is -4.77. The van der Waals surface area contributed by atoms with Crippen molar-refractivity contribution in [2.24, 2.45) is 0 Å². The lowest BCUT2D eigenvalue weighted by molar-refractivity contribution is 0.0952. The molecular formula is C25H20N6O2. The molecule has 33 heavy (non-hydrogen) atoms. The molecule has 0 saturated heterocycles. The smallest absolute Gasteiger partial charge is 0.264 e. The molecule has 0 unspecified atom stereocenters. The number of nitrogens with zero attached hydrogens (tertiary/aromatic N) is 3. The van der Waals surface area contributed by atoms with Crippen LogP contribution in [0.25, 0.3) is 22.7 Å². The predicted octanol–water partition coefficient (Wildman–Crippen LogP) is 2.58. The van der Waals surface area contributed by atoms with Gasteiger partial charge in [0.05, 0.1) is 11.9 Å². The fraction of sp³-hybridized carbons (Fsp3) is 0.0800. The molecule has 4 aromatic rings. The SMILES string of the molecule is C#Cc1cccc2cc(CNC(=O)c3c(N)nn4c3NCC=C4)n(-c3ccccc3)c(=O)c12. The van der Waals surface area contributed by atoms with Gasteiger partial charge in [0.2, 0.25) is 0 Å². The third-order valence-electron chi connectivity index (χ3n) is 5.52. The molecule has 1 aliphatic rings. The lowest BCUT2D eigenvalue weighted by atomic mass is 10.1. The summed E-state index contributed by atoms with van der Waals surface area (Å²) in [7, 11) is 0. The monoisotopic (exact) mass is 436 g/mol. The van der Waals surface area contributed by atoms with Crippen LogP contribution in [0.4, 0.5) is 11.6 Å². The Labute approximate surface area is 189 Å². The highest BCUT2D eigenvalue weighted by Gasteiger charge is 2.23. The highest BCUT2D eigenvalue weighted by molar-refractivity contribution is 6.03. The first-order valence-electron chi connectivity index (χ1n) is 10.3. The van der Waals surface area contributed by atoms with Crippen LogP contribution in [0.2, 0.25) is 0 Å². The molecule has 5 rings (SSSR count). The number of para-hydroxylation sites is 1. The topological polar surface area (TPSA) is 107 Å². The zero-order valence-corrected chi connectivity index (χ0v) is 17.6. The van der Waals surface area contributed by atoms with Crippen molar-refractivity contribution in [1.82, 2.24) is 19.7 Å². The van der Waals surface area contributed by atoms with Crippen LogP contribution in [0.1, 0.15) is 21.6 Å². The molecule has 0 atom stereocenters. The van der Waals surface area contributed by atoms with E-state index >= 15 is 0 Å². The second-order valence-electron chi connectivity index (χ2n) is 7.53. The maximum absolute atomic E-state index is 13.6. The molecule has 2 aromatic carbocycles. The van der Waals surface area contributed by atoms with Crippen molar-refractivity contribution >= 4 is 34.5 Å². The maximum Gasteiger partial charge on any atom is 0.264 e. The van der Waals surface area contributed by atoms with Crippen LogP contribution >= 0.6 is 0 Å². The van der Waals surface area contributed by atoms with E-state index in [0.29, 0.717) is 40.1 Å². The van der Waals surface area contributed by atoms with Gasteiger partial charge in [-0.3, -0.25) is 14.2 Å². The molecule has 162 valence electrons. The highest BCUT2D eigenvalue weighted by atomic mass is 16.2. The summed E-state index contributed by atoms with van der Waals surface area (Å²) < 4.78 is 3.10. The molecule has 0 saturated carbocycles. The number of nitrogens with one attached hydrogen (secondary N) is 2. The molecule has 4 N–H and O–H groups in total. The number of carbonyl (C=O) groups is 1. The van der Waals surface area contributed by atoms with Crippen LogP contribution in [-0.4, -0.2) is 26.8 Å². The number of amides is 1. The lowest BCUT2D eigenvalue weighted by Gasteiger charge is -2.16. The van der Waals surface area contributed by atoms with Crippen LogP contribution in [0.5, 0.6) is 0 Å². The molecule has 0 spiro atoms. The third kappa shape index (κ3) is 3.42. The van der Waals surface area contributed by atoms with Gasteiger partial charge in [-0.1, -0.05) is 36.3 Å². The molecule has 0 radical (unpaired) electrons. The summed E-state index contributed by atoms with van der Waals surface area (Å²) in [5, 5.41) is 11.3. The second-order valence-corrected chi connectivity index (χ2v) is 7.53. The normalized spacial score (nSPS) is 12.1. The average molecular weight is 436 g/mol. The van der Waals surface area contributed by atoms with E-state index < -0.39 is 0 Å². The molecule has 2 aromatic heterocycles. The number of hydrogen-bond donors (Lipinski definition) is 3. The fourth-order valence-electron chi connectivity index (χ4n) is 4.05. The summed E-state index contributed by atoms with van der Waals surface area (Å²) in [5.74, 6) is 2.86. The van der Waals surface area contributed by atoms with E-state index in [0.717, 1.165) is 0 Å². The Morgan fingerprint density at radius 1 is 1.21 bits per heavy atom. The third-order valence-corrected chi connectivity index (χ3v) is 5.52. The van der Waals surface area contributed by atoms with Gasteiger partial charge in [0.15, 0.2) is 5.82 Å². The van der Waals surface area contributed by atoms with Gasteiger partial charge >= 0.3 is 0 Å². The van der Waals surface area contributed by atoms with Crippen LogP contribution < -0.4 is 21.9 Å². The number of rotatable bonds is 4. The van der Waals surface area contributed by atoms with E-state index in [-0.39, 0.29) is 29.4 Å². The number of pyridine rings is 1. The van der Waals surface area contributed by atoms with Gasteiger partial charge in [-0.2, -0.15) is 0 Å². The van der Waals surface area contributed by atoms with Gasteiger partial charge in [-0.15, -0.1) is 11.5 Å². The van der Waals surface area contributed by atoms with E-state index in [1.54, 1.807) is 16.8 Å². The molecular weight excluding hydrogens is 416 g/mol. The van der Waals surface area contributed by atoms with Gasteiger partial charge in [-0.05, 0) is 35.7 Å². The van der Waals surface area contributed by atoms with E-state index in [1.807, 2.05) is 54.6 Å². The van der Waals surface area contributed by atoms with Crippen LogP contribution in [0, 0.1) is 12.3 Å². The minimum Gasteiger partial charge on any atom is -0.381 e. The van der Waals surface area contributed by atoms with Crippen molar-refractivity contribution in [3.05, 3.63) is 87.8 Å². The lowest BCUT2D eigenvalue weighted by Crippen LogP contribution is -2.30. The van der Waals surface area contributed by atoms with E-state index in [2.05, 4.69) is 21.7 Å². The Bertz CT molecular complexity index is 1520. The number of carbonyl (C=O) groups excluding carboxylic acids is 1. The Morgan fingerprint density at radius 3 is 2.82 bits per heavy atom. The van der Waals surface area contributed by atoms with E-state index in [4.69, 9.17) is 12.2 Å². The number of terminal acetylenes is 1. The molecule has 1 amide bonds. The summed E-state index contributed by atoms with van der Waals surface area (Å²) in [6.45, 7) is 0.667. The Kier molecular flexibility index (Phi) is 4.92. The van der Waals surface area contributed by atoms with E-state index in [1.165, 1.54) is 4.68 Å². The van der Waals surface area contributed by atoms with Gasteiger partial charge in [0.25, 0.3) is 11.5 Å². The molecule has 0 fully saturated rings. The summed E-state index contributed by atoms with van der Waals surface area (Å²) in [6.07, 6.45) is 9.27. The quantitative estimate of drug-likeness (QED) is 0.426. The second kappa shape index (κ2) is 8.05. The number of nitrogens with two attached hydrogens (primary N) is 1.